The molecule has 70 heavy (non-hydrogen) atoms. The average molecular weight is 978 g/mol. The second-order valence-electron chi connectivity index (χ2n) is 19.9. The Morgan fingerprint density at radius 1 is 0.300 bits per heavy atom. The summed E-state index contributed by atoms with van der Waals surface area (Å²) in [5, 5.41) is 0. The Hall–Kier alpha value is -3.15. The summed E-state index contributed by atoms with van der Waals surface area (Å²) < 4.78 is 16.8. The molecule has 0 aromatic carbocycles. The van der Waals surface area contributed by atoms with Crippen LogP contribution < -0.4 is 0 Å². The highest BCUT2D eigenvalue weighted by molar-refractivity contribution is 5.71. The van der Waals surface area contributed by atoms with Gasteiger partial charge in [-0.15, -0.1) is 0 Å². The molecule has 0 aromatic heterocycles. The molecule has 0 saturated carbocycles. The topological polar surface area (TPSA) is 78.9 Å². The van der Waals surface area contributed by atoms with E-state index < -0.39 is 6.10 Å². The molecular formula is C64H112O6. The van der Waals surface area contributed by atoms with Crippen LogP contribution in [0.3, 0.4) is 0 Å². The summed E-state index contributed by atoms with van der Waals surface area (Å²) in [7, 11) is 0. The number of rotatable bonds is 54. The lowest BCUT2D eigenvalue weighted by molar-refractivity contribution is -0.166. The Morgan fingerprint density at radius 2 is 0.586 bits per heavy atom. The molecule has 0 aromatic rings. The lowest BCUT2D eigenvalue weighted by Gasteiger charge is -2.18. The van der Waals surface area contributed by atoms with Crippen molar-refractivity contribution in [1.82, 2.24) is 0 Å². The number of carbonyl (C=O) groups is 3. The minimum absolute atomic E-state index is 0.105. The summed E-state index contributed by atoms with van der Waals surface area (Å²) in [6.07, 6.45) is 75.1. The van der Waals surface area contributed by atoms with E-state index in [-0.39, 0.29) is 37.5 Å². The van der Waals surface area contributed by atoms with Crippen molar-refractivity contribution in [2.45, 2.75) is 303 Å². The molecule has 0 heterocycles. The molecule has 0 bridgehead atoms. The number of hydrogen-bond donors (Lipinski definition) is 0. The van der Waals surface area contributed by atoms with Gasteiger partial charge in [0.1, 0.15) is 13.2 Å². The van der Waals surface area contributed by atoms with Gasteiger partial charge in [0.2, 0.25) is 0 Å². The number of carbonyl (C=O) groups excluding carboxylic acids is 3. The molecular weight excluding hydrogens is 865 g/mol. The van der Waals surface area contributed by atoms with Gasteiger partial charge in [-0.1, -0.05) is 254 Å². The highest BCUT2D eigenvalue weighted by Crippen LogP contribution is 2.16. The predicted octanol–water partition coefficient (Wildman–Crippen LogP) is 20.2. The molecule has 0 aliphatic rings. The third-order valence-electron chi connectivity index (χ3n) is 12.9. The van der Waals surface area contributed by atoms with E-state index in [4.69, 9.17) is 14.2 Å². The normalized spacial score (nSPS) is 12.6. The zero-order chi connectivity index (χ0) is 50.7. The maximum absolute atomic E-state index is 12.8. The van der Waals surface area contributed by atoms with Crippen molar-refractivity contribution < 1.29 is 28.6 Å². The monoisotopic (exact) mass is 977 g/mol. The quantitative estimate of drug-likeness (QED) is 0.0261. The fourth-order valence-electron chi connectivity index (χ4n) is 8.45. The maximum atomic E-state index is 12.8. The lowest BCUT2D eigenvalue weighted by Crippen LogP contribution is -2.30. The molecule has 0 spiro atoms. The van der Waals surface area contributed by atoms with Crippen molar-refractivity contribution in [1.29, 1.82) is 0 Å². The van der Waals surface area contributed by atoms with Gasteiger partial charge >= 0.3 is 17.9 Å². The molecule has 0 N–H and O–H groups in total. The van der Waals surface area contributed by atoms with Gasteiger partial charge in [0.15, 0.2) is 6.10 Å². The molecule has 1 unspecified atom stereocenters. The van der Waals surface area contributed by atoms with E-state index in [0.717, 1.165) is 77.0 Å². The Morgan fingerprint density at radius 3 is 0.957 bits per heavy atom. The summed E-state index contributed by atoms with van der Waals surface area (Å²) in [6, 6.07) is 0. The SMILES string of the molecule is CC/C=C\C/C=C\C/C=C\C/C=C\CCC(=O)OC(COC(=O)CCCCCCC/C=C\CCCCC)COC(=O)CCCCCCCCCCCCCCCCC/C=C\CCCCCCCCCC. The standard InChI is InChI=1S/C64H112O6/c1-4-7-10-13-16-19-22-25-26-27-28-29-30-31-32-33-34-35-36-37-38-40-42-45-48-51-54-57-63(66)69-60-61(59-68-62(65)56-53-50-47-44-41-24-21-18-15-12-9-6-3)70-64(67)58-55-52-49-46-43-39-23-20-17-14-11-8-5-2/h8,11,17-18,20-21,27-28,39,43,49,52,61H,4-7,9-10,12-16,19,22-26,29-38,40-42,44-48,50-51,53-60H2,1-3H3/b11-8-,20-17-,21-18-,28-27-,43-39-,52-49-. The summed E-state index contributed by atoms with van der Waals surface area (Å²) in [6.45, 7) is 6.45. The number of hydrogen-bond acceptors (Lipinski definition) is 6. The van der Waals surface area contributed by atoms with Gasteiger partial charge in [-0.25, -0.2) is 0 Å². The van der Waals surface area contributed by atoms with Gasteiger partial charge < -0.3 is 14.2 Å². The molecule has 1 atom stereocenters. The Balaban J connectivity index is 4.22. The van der Waals surface area contributed by atoms with E-state index in [1.54, 1.807) is 0 Å². The van der Waals surface area contributed by atoms with E-state index in [2.05, 4.69) is 81.5 Å². The second kappa shape index (κ2) is 58.4. The predicted molar refractivity (Wildman–Crippen MR) is 302 cm³/mol. The van der Waals surface area contributed by atoms with E-state index in [0.29, 0.717) is 19.3 Å². The first-order chi connectivity index (χ1) is 34.5. The second-order valence-corrected chi connectivity index (χ2v) is 19.9. The summed E-state index contributed by atoms with van der Waals surface area (Å²) in [5.41, 5.74) is 0. The smallest absolute Gasteiger partial charge is 0.306 e. The van der Waals surface area contributed by atoms with Crippen molar-refractivity contribution >= 4 is 17.9 Å². The molecule has 6 nitrogen and oxygen atoms in total. The lowest BCUT2D eigenvalue weighted by atomic mass is 10.0. The van der Waals surface area contributed by atoms with Crippen LogP contribution in [0.1, 0.15) is 297 Å². The van der Waals surface area contributed by atoms with Crippen LogP contribution in [0.15, 0.2) is 72.9 Å². The molecule has 0 rings (SSSR count). The van der Waals surface area contributed by atoms with Gasteiger partial charge in [0.25, 0.3) is 0 Å². The summed E-state index contributed by atoms with van der Waals surface area (Å²) in [4.78, 5) is 38.0. The Kier molecular flexibility index (Phi) is 55.8. The van der Waals surface area contributed by atoms with Gasteiger partial charge in [-0.05, 0) is 96.3 Å². The highest BCUT2D eigenvalue weighted by Gasteiger charge is 2.19. The first-order valence-corrected chi connectivity index (χ1v) is 29.9. The van der Waals surface area contributed by atoms with Crippen molar-refractivity contribution in [3.8, 4) is 0 Å². The molecule has 0 aliphatic heterocycles. The van der Waals surface area contributed by atoms with Gasteiger partial charge in [0.05, 0.1) is 0 Å². The van der Waals surface area contributed by atoms with Crippen LogP contribution in [0, 0.1) is 0 Å². The molecule has 6 heteroatoms. The fraction of sp³-hybridized carbons (Fsp3) is 0.766. The third-order valence-corrected chi connectivity index (χ3v) is 12.9. The highest BCUT2D eigenvalue weighted by atomic mass is 16.6. The number of esters is 3. The Bertz CT molecular complexity index is 1310. The van der Waals surface area contributed by atoms with Crippen molar-refractivity contribution in [2.75, 3.05) is 13.2 Å². The molecule has 0 radical (unpaired) electrons. The van der Waals surface area contributed by atoms with E-state index in [1.165, 1.54) is 173 Å². The van der Waals surface area contributed by atoms with Gasteiger partial charge in [-0.2, -0.15) is 0 Å². The third kappa shape index (κ3) is 55.8. The van der Waals surface area contributed by atoms with Crippen LogP contribution in [0.5, 0.6) is 0 Å². The van der Waals surface area contributed by atoms with Crippen LogP contribution in [0.4, 0.5) is 0 Å². The van der Waals surface area contributed by atoms with Crippen molar-refractivity contribution in [2.24, 2.45) is 0 Å². The van der Waals surface area contributed by atoms with Gasteiger partial charge in [0, 0.05) is 19.3 Å². The van der Waals surface area contributed by atoms with Crippen LogP contribution in [0.2, 0.25) is 0 Å². The van der Waals surface area contributed by atoms with E-state index in [9.17, 15) is 14.4 Å². The van der Waals surface area contributed by atoms with Crippen LogP contribution in [0.25, 0.3) is 0 Å². The molecule has 0 aliphatic carbocycles. The zero-order valence-electron chi connectivity index (χ0n) is 46.3. The zero-order valence-corrected chi connectivity index (χ0v) is 46.3. The van der Waals surface area contributed by atoms with Crippen LogP contribution in [-0.4, -0.2) is 37.2 Å². The minimum Gasteiger partial charge on any atom is -0.462 e. The van der Waals surface area contributed by atoms with Crippen LogP contribution >= 0.6 is 0 Å². The number of allylic oxidation sites excluding steroid dienone is 12. The minimum atomic E-state index is -0.815. The molecule has 404 valence electrons. The van der Waals surface area contributed by atoms with Crippen LogP contribution in [-0.2, 0) is 28.6 Å². The summed E-state index contributed by atoms with van der Waals surface area (Å²) >= 11 is 0. The average Bonchev–Trinajstić information content (AvgIpc) is 3.36. The fourth-order valence-corrected chi connectivity index (χ4v) is 8.45. The van der Waals surface area contributed by atoms with Gasteiger partial charge in [-0.3, -0.25) is 14.4 Å². The Labute approximate surface area is 433 Å². The largest absolute Gasteiger partial charge is 0.462 e. The van der Waals surface area contributed by atoms with E-state index in [1.807, 2.05) is 12.2 Å². The maximum Gasteiger partial charge on any atom is 0.306 e. The number of unbranched alkanes of at least 4 members (excludes halogenated alkanes) is 31. The number of ether oxygens (including phenoxy) is 3. The summed E-state index contributed by atoms with van der Waals surface area (Å²) in [5.74, 6) is -0.990. The van der Waals surface area contributed by atoms with Crippen molar-refractivity contribution in [3.63, 3.8) is 0 Å². The first kappa shape index (κ1) is 66.9. The first-order valence-electron chi connectivity index (χ1n) is 29.9. The van der Waals surface area contributed by atoms with E-state index >= 15 is 0 Å². The molecule has 0 amide bonds. The van der Waals surface area contributed by atoms with Crippen molar-refractivity contribution in [3.05, 3.63) is 72.9 Å². The molecule has 0 saturated heterocycles. The molecule has 0 fully saturated rings.